The van der Waals surface area contributed by atoms with Crippen LogP contribution in [0.15, 0.2) is 23.2 Å². The largest absolute Gasteiger partial charge is 0.369 e. The summed E-state index contributed by atoms with van der Waals surface area (Å²) < 4.78 is 0. The maximum absolute atomic E-state index is 10.9. The molecule has 0 atom stereocenters. The Balaban J connectivity index is 2.03. The number of thioether (sulfide) groups is 1. The molecular weight excluding hydrogens is 256 g/mol. The number of nitrogens with zero attached hydrogens (tertiary/aromatic N) is 1. The monoisotopic (exact) mass is 272 g/mol. The number of primary amides is 1. The maximum Gasteiger partial charge on any atom is 0.227 e. The van der Waals surface area contributed by atoms with Crippen molar-refractivity contribution >= 4 is 28.6 Å². The standard InChI is InChI=1S/C15H16N2OS/c1-9-5-12-6-10-3-2-4-11(10)7-13(12)17-15(9)19-8-14(16)18/h5-7H,2-4,8H2,1H3,(H2,16,18). The third-order valence-electron chi connectivity index (χ3n) is 3.52. The van der Waals surface area contributed by atoms with Crippen LogP contribution in [0.3, 0.4) is 0 Å². The predicted molar refractivity (Wildman–Crippen MR) is 78.4 cm³/mol. The van der Waals surface area contributed by atoms with Crippen molar-refractivity contribution in [3.05, 3.63) is 34.9 Å². The summed E-state index contributed by atoms with van der Waals surface area (Å²) in [6, 6.07) is 6.62. The molecule has 1 aromatic heterocycles. The third-order valence-corrected chi connectivity index (χ3v) is 4.64. The van der Waals surface area contributed by atoms with Gasteiger partial charge in [0, 0.05) is 5.39 Å². The molecule has 0 saturated carbocycles. The Morgan fingerprint density at radius 1 is 1.32 bits per heavy atom. The van der Waals surface area contributed by atoms with Gasteiger partial charge in [0.25, 0.3) is 0 Å². The quantitative estimate of drug-likeness (QED) is 0.874. The van der Waals surface area contributed by atoms with Crippen LogP contribution in [0.4, 0.5) is 0 Å². The Hall–Kier alpha value is -1.55. The molecule has 98 valence electrons. The first-order chi connectivity index (χ1) is 9.13. The topological polar surface area (TPSA) is 56.0 Å². The lowest BCUT2D eigenvalue weighted by Crippen LogP contribution is -2.13. The lowest BCUT2D eigenvalue weighted by molar-refractivity contribution is -0.115. The van der Waals surface area contributed by atoms with Crippen LogP contribution in [0.25, 0.3) is 10.9 Å². The molecule has 0 fully saturated rings. The molecule has 3 nitrogen and oxygen atoms in total. The molecular formula is C15H16N2OS. The van der Waals surface area contributed by atoms with E-state index in [1.165, 1.54) is 41.1 Å². The molecule has 0 unspecified atom stereocenters. The number of nitrogens with two attached hydrogens (primary N) is 1. The molecule has 0 bridgehead atoms. The minimum Gasteiger partial charge on any atom is -0.369 e. The summed E-state index contributed by atoms with van der Waals surface area (Å²) in [6.07, 6.45) is 3.58. The SMILES string of the molecule is Cc1cc2cc3c(cc2nc1SCC(N)=O)CCC3. The lowest BCUT2D eigenvalue weighted by Gasteiger charge is -2.08. The number of hydrogen-bond donors (Lipinski definition) is 1. The Kier molecular flexibility index (Phi) is 3.19. The van der Waals surface area contributed by atoms with Crippen molar-refractivity contribution in [2.45, 2.75) is 31.2 Å². The zero-order chi connectivity index (χ0) is 13.4. The van der Waals surface area contributed by atoms with E-state index in [0.717, 1.165) is 22.5 Å². The summed E-state index contributed by atoms with van der Waals surface area (Å²) in [7, 11) is 0. The summed E-state index contributed by atoms with van der Waals surface area (Å²) >= 11 is 1.42. The molecule has 19 heavy (non-hydrogen) atoms. The number of carbonyl (C=O) groups excluding carboxylic acids is 1. The lowest BCUT2D eigenvalue weighted by atomic mass is 10.1. The zero-order valence-electron chi connectivity index (χ0n) is 10.9. The van der Waals surface area contributed by atoms with Gasteiger partial charge in [-0.15, -0.1) is 0 Å². The molecule has 3 rings (SSSR count). The van der Waals surface area contributed by atoms with Crippen LogP contribution in [0.5, 0.6) is 0 Å². The number of pyridine rings is 1. The van der Waals surface area contributed by atoms with E-state index in [1.807, 2.05) is 6.92 Å². The first-order valence-electron chi connectivity index (χ1n) is 6.48. The molecule has 4 heteroatoms. The molecule has 0 aliphatic heterocycles. The second kappa shape index (κ2) is 4.85. The molecule has 2 N–H and O–H groups in total. The van der Waals surface area contributed by atoms with E-state index in [9.17, 15) is 4.79 Å². The van der Waals surface area contributed by atoms with Crippen molar-refractivity contribution in [1.29, 1.82) is 0 Å². The van der Waals surface area contributed by atoms with Gasteiger partial charge in [-0.1, -0.05) is 11.8 Å². The van der Waals surface area contributed by atoms with Crippen molar-refractivity contribution in [3.63, 3.8) is 0 Å². The first-order valence-corrected chi connectivity index (χ1v) is 7.46. The number of benzene rings is 1. The van der Waals surface area contributed by atoms with Crippen LogP contribution in [-0.4, -0.2) is 16.6 Å². The van der Waals surface area contributed by atoms with Gasteiger partial charge >= 0.3 is 0 Å². The van der Waals surface area contributed by atoms with Crippen molar-refractivity contribution in [2.24, 2.45) is 5.73 Å². The Labute approximate surface area is 116 Å². The number of rotatable bonds is 3. The Morgan fingerprint density at radius 3 is 2.79 bits per heavy atom. The summed E-state index contributed by atoms with van der Waals surface area (Å²) in [5.74, 6) is -0.0233. The fourth-order valence-corrected chi connectivity index (χ4v) is 3.35. The van der Waals surface area contributed by atoms with Crippen LogP contribution in [0, 0.1) is 6.92 Å². The normalized spacial score (nSPS) is 13.7. The highest BCUT2D eigenvalue weighted by Gasteiger charge is 2.13. The average Bonchev–Trinajstić information content (AvgIpc) is 2.80. The van der Waals surface area contributed by atoms with E-state index in [0.29, 0.717) is 0 Å². The highest BCUT2D eigenvalue weighted by atomic mass is 32.2. The van der Waals surface area contributed by atoms with E-state index >= 15 is 0 Å². The minimum atomic E-state index is -0.305. The smallest absolute Gasteiger partial charge is 0.227 e. The van der Waals surface area contributed by atoms with Crippen molar-refractivity contribution < 1.29 is 4.79 Å². The van der Waals surface area contributed by atoms with Gasteiger partial charge in [-0.2, -0.15) is 0 Å². The molecule has 0 saturated heterocycles. The van der Waals surface area contributed by atoms with Gasteiger partial charge in [0.15, 0.2) is 0 Å². The van der Waals surface area contributed by atoms with Gasteiger partial charge < -0.3 is 5.73 Å². The van der Waals surface area contributed by atoms with Crippen LogP contribution in [0.2, 0.25) is 0 Å². The van der Waals surface area contributed by atoms with Crippen LogP contribution < -0.4 is 5.73 Å². The molecule has 1 heterocycles. The molecule has 1 aromatic carbocycles. The summed E-state index contributed by atoms with van der Waals surface area (Å²) in [5, 5.41) is 2.10. The highest BCUT2D eigenvalue weighted by Crippen LogP contribution is 2.29. The third kappa shape index (κ3) is 2.45. The van der Waals surface area contributed by atoms with Gasteiger partial charge in [-0.05, 0) is 61.1 Å². The summed E-state index contributed by atoms with van der Waals surface area (Å²) in [4.78, 5) is 15.6. The average molecular weight is 272 g/mol. The number of hydrogen-bond acceptors (Lipinski definition) is 3. The van der Waals surface area contributed by atoms with Gasteiger partial charge in [-0.25, -0.2) is 4.98 Å². The molecule has 0 spiro atoms. The number of aryl methyl sites for hydroxylation is 3. The number of fused-ring (bicyclic) bond motifs is 2. The van der Waals surface area contributed by atoms with E-state index in [-0.39, 0.29) is 11.7 Å². The molecule has 1 aliphatic carbocycles. The summed E-state index contributed by atoms with van der Waals surface area (Å²) in [6.45, 7) is 2.03. The van der Waals surface area contributed by atoms with Gasteiger partial charge in [0.2, 0.25) is 5.91 Å². The van der Waals surface area contributed by atoms with Crippen LogP contribution in [0.1, 0.15) is 23.1 Å². The van der Waals surface area contributed by atoms with Crippen LogP contribution in [-0.2, 0) is 17.6 Å². The Morgan fingerprint density at radius 2 is 2.05 bits per heavy atom. The number of amides is 1. The first kappa shape index (κ1) is 12.5. The maximum atomic E-state index is 10.9. The molecule has 2 aromatic rings. The minimum absolute atomic E-state index is 0.282. The zero-order valence-corrected chi connectivity index (χ0v) is 11.7. The second-order valence-corrected chi connectivity index (χ2v) is 6.00. The number of aromatic nitrogens is 1. The van der Waals surface area contributed by atoms with Gasteiger partial charge in [0.05, 0.1) is 11.3 Å². The summed E-state index contributed by atoms with van der Waals surface area (Å²) in [5.41, 5.74) is 10.2. The number of carbonyl (C=O) groups is 1. The van der Waals surface area contributed by atoms with Crippen molar-refractivity contribution in [3.8, 4) is 0 Å². The molecule has 0 radical (unpaired) electrons. The van der Waals surface area contributed by atoms with Crippen molar-refractivity contribution in [1.82, 2.24) is 4.98 Å². The van der Waals surface area contributed by atoms with E-state index in [2.05, 4.69) is 23.2 Å². The van der Waals surface area contributed by atoms with E-state index in [4.69, 9.17) is 5.73 Å². The molecule has 1 aliphatic rings. The van der Waals surface area contributed by atoms with E-state index in [1.54, 1.807) is 0 Å². The fraction of sp³-hybridized carbons (Fsp3) is 0.333. The van der Waals surface area contributed by atoms with Crippen LogP contribution >= 0.6 is 11.8 Å². The highest BCUT2D eigenvalue weighted by molar-refractivity contribution is 7.99. The van der Waals surface area contributed by atoms with Crippen molar-refractivity contribution in [2.75, 3.05) is 5.75 Å². The predicted octanol–water partition coefficient (Wildman–Crippen LogP) is 2.61. The Bertz CT molecular complexity index is 667. The fourth-order valence-electron chi connectivity index (χ4n) is 2.62. The molecule has 1 amide bonds. The second-order valence-electron chi connectivity index (χ2n) is 5.03. The van der Waals surface area contributed by atoms with E-state index < -0.39 is 0 Å². The van der Waals surface area contributed by atoms with Gasteiger partial charge in [0.1, 0.15) is 5.03 Å². The van der Waals surface area contributed by atoms with Gasteiger partial charge in [-0.3, -0.25) is 4.79 Å².